The van der Waals surface area contributed by atoms with Crippen molar-refractivity contribution in [3.63, 3.8) is 0 Å². The summed E-state index contributed by atoms with van der Waals surface area (Å²) in [6.07, 6.45) is 0.454. The summed E-state index contributed by atoms with van der Waals surface area (Å²) in [7, 11) is 0. The van der Waals surface area contributed by atoms with Crippen molar-refractivity contribution >= 4 is 35.0 Å². The highest BCUT2D eigenvalue weighted by molar-refractivity contribution is 6.34. The van der Waals surface area contributed by atoms with E-state index in [4.69, 9.17) is 55.6 Å². The number of carbonyl (C=O) groups is 2. The monoisotopic (exact) mass is 828 g/mol. The molecule has 2 heterocycles. The number of carbonyl (C=O) groups excluding carboxylic acids is 2. The van der Waals surface area contributed by atoms with Crippen LogP contribution in [-0.2, 0) is 24.0 Å². The maximum Gasteiger partial charge on any atom is 0.249 e. The molecule has 8 nitrogen and oxygen atoms in total. The molecule has 0 aliphatic carbocycles. The quantitative estimate of drug-likeness (QED) is 0.113. The Labute approximate surface area is 340 Å². The highest BCUT2D eigenvalue weighted by Gasteiger charge is 2.44. The van der Waals surface area contributed by atoms with Crippen molar-refractivity contribution in [2.24, 2.45) is 22.9 Å². The normalized spacial score (nSPS) is 17.7. The number of halogens is 6. The van der Waals surface area contributed by atoms with Gasteiger partial charge in [-0.3, -0.25) is 9.59 Å². The van der Waals surface area contributed by atoms with E-state index in [1.165, 1.54) is 36.4 Å². The molecule has 0 spiro atoms. The van der Waals surface area contributed by atoms with Gasteiger partial charge in [-0.15, -0.1) is 0 Å². The minimum Gasteiger partial charge on any atom is -0.480 e. The van der Waals surface area contributed by atoms with Crippen LogP contribution in [-0.4, -0.2) is 24.9 Å². The molecule has 0 aromatic heterocycles. The Morgan fingerprint density at radius 2 is 0.897 bits per heavy atom. The average molecular weight is 830 g/mol. The summed E-state index contributed by atoms with van der Waals surface area (Å²) in [5.41, 5.74) is 23.2. The summed E-state index contributed by atoms with van der Waals surface area (Å²) in [6, 6.07) is 28.6. The fourth-order valence-electron chi connectivity index (χ4n) is 7.64. The van der Waals surface area contributed by atoms with E-state index in [1.54, 1.807) is 0 Å². The van der Waals surface area contributed by atoms with Gasteiger partial charge in [0.15, 0.2) is 11.2 Å². The van der Waals surface area contributed by atoms with Crippen molar-refractivity contribution in [2.45, 2.75) is 24.0 Å². The smallest absolute Gasteiger partial charge is 0.249 e. The number of ether oxygens (including phenoxy) is 2. The molecule has 0 saturated heterocycles. The molecule has 2 atom stereocenters. The maximum absolute atomic E-state index is 14.8. The second-order valence-corrected chi connectivity index (χ2v) is 14.5. The lowest BCUT2D eigenvalue weighted by molar-refractivity contribution is 0.0992. The SMILES string of the molecule is NC[C@@]1(c2ccccc2)Cc2c(cc(F)c(Cl)c2-c2c(F)cccc2C(N)=O)O1.NC[C@@]1(c2ccccc2)Cc2c(cc(F)c(Cl)c2-c2c(F)cccc2C(N)=O)O1. The predicted molar refractivity (Wildman–Crippen MR) is 214 cm³/mol. The number of hydrogen-bond acceptors (Lipinski definition) is 6. The number of primary amides is 2. The Kier molecular flexibility index (Phi) is 11.0. The fraction of sp³-hybridized carbons (Fsp3) is 0.136. The van der Waals surface area contributed by atoms with Gasteiger partial charge in [0.1, 0.15) is 34.8 Å². The van der Waals surface area contributed by atoms with Gasteiger partial charge < -0.3 is 32.4 Å². The number of rotatable bonds is 8. The molecule has 2 amide bonds. The number of amides is 2. The van der Waals surface area contributed by atoms with Crippen LogP contribution in [0.1, 0.15) is 43.0 Å². The van der Waals surface area contributed by atoms with Gasteiger partial charge >= 0.3 is 0 Å². The first-order valence-electron chi connectivity index (χ1n) is 17.8. The highest BCUT2D eigenvalue weighted by Crippen LogP contribution is 2.51. The van der Waals surface area contributed by atoms with Crippen molar-refractivity contribution in [1.82, 2.24) is 0 Å². The largest absolute Gasteiger partial charge is 0.480 e. The molecular weight excluding hydrogens is 795 g/mol. The second kappa shape index (κ2) is 15.8. The van der Waals surface area contributed by atoms with E-state index in [0.717, 1.165) is 23.3 Å². The number of hydrogen-bond donors (Lipinski definition) is 4. The van der Waals surface area contributed by atoms with E-state index in [9.17, 15) is 27.2 Å². The minimum atomic E-state index is -0.965. The Balaban J connectivity index is 0.000000177. The lowest BCUT2D eigenvalue weighted by atomic mass is 9.85. The van der Waals surface area contributed by atoms with Crippen molar-refractivity contribution in [3.05, 3.63) is 176 Å². The summed E-state index contributed by atoms with van der Waals surface area (Å²) in [5, 5.41) is -0.610. The van der Waals surface area contributed by atoms with E-state index in [0.29, 0.717) is 11.1 Å². The van der Waals surface area contributed by atoms with Gasteiger partial charge in [0, 0.05) is 82.6 Å². The van der Waals surface area contributed by atoms with Crippen LogP contribution in [0.2, 0.25) is 10.0 Å². The molecule has 8 N–H and O–H groups in total. The van der Waals surface area contributed by atoms with Crippen molar-refractivity contribution in [2.75, 3.05) is 13.1 Å². The molecule has 8 rings (SSSR count). The van der Waals surface area contributed by atoms with Crippen LogP contribution < -0.4 is 32.4 Å². The van der Waals surface area contributed by atoms with E-state index in [1.807, 2.05) is 60.7 Å². The first-order chi connectivity index (χ1) is 27.8. The third-order valence-corrected chi connectivity index (χ3v) is 11.2. The van der Waals surface area contributed by atoms with Crippen LogP contribution in [0.5, 0.6) is 11.5 Å². The summed E-state index contributed by atoms with van der Waals surface area (Å²) in [5.74, 6) is -4.34. The first kappa shape index (κ1) is 40.3. The maximum atomic E-state index is 14.8. The highest BCUT2D eigenvalue weighted by atomic mass is 35.5. The summed E-state index contributed by atoms with van der Waals surface area (Å²) in [6.45, 7) is 0.203. The Morgan fingerprint density at radius 1 is 0.534 bits per heavy atom. The number of benzene rings is 6. The van der Waals surface area contributed by atoms with Gasteiger partial charge in [0.25, 0.3) is 0 Å². The third kappa shape index (κ3) is 6.92. The summed E-state index contributed by atoms with van der Waals surface area (Å²) < 4.78 is 71.2. The van der Waals surface area contributed by atoms with E-state index < -0.39 is 46.3 Å². The van der Waals surface area contributed by atoms with Crippen molar-refractivity contribution < 1.29 is 36.6 Å². The zero-order valence-electron chi connectivity index (χ0n) is 30.4. The van der Waals surface area contributed by atoms with Gasteiger partial charge in [0.2, 0.25) is 11.8 Å². The molecular formula is C44H34Cl2F4N4O4. The lowest BCUT2D eigenvalue weighted by Crippen LogP contribution is -2.39. The van der Waals surface area contributed by atoms with E-state index in [-0.39, 0.29) is 80.9 Å². The Bertz CT molecular complexity index is 2420. The molecule has 14 heteroatoms. The van der Waals surface area contributed by atoms with Gasteiger partial charge in [-0.25, -0.2) is 17.6 Å². The molecule has 6 aromatic carbocycles. The molecule has 0 unspecified atom stereocenters. The van der Waals surface area contributed by atoms with Gasteiger partial charge in [0.05, 0.1) is 10.0 Å². The van der Waals surface area contributed by atoms with Gasteiger partial charge in [-0.1, -0.05) is 96.0 Å². The molecule has 0 saturated carbocycles. The molecule has 0 fully saturated rings. The van der Waals surface area contributed by atoms with Crippen LogP contribution in [0.4, 0.5) is 17.6 Å². The summed E-state index contributed by atoms with van der Waals surface area (Å²) in [4.78, 5) is 23.8. The van der Waals surface area contributed by atoms with Crippen molar-refractivity contribution in [3.8, 4) is 33.8 Å². The standard InChI is InChI=1S/2C22H17ClF2N2O2/c2*23-20-16(25)9-17-14(10-22(11-26,29-17)12-5-2-1-3-6-12)19(20)18-13(21(27)28)7-4-8-15(18)24/h2*1-9H,10-11,26H2,(H2,27,28)/t2*22-/m11/s1. The minimum absolute atomic E-state index is 0.0554. The third-order valence-electron chi connectivity index (χ3n) is 10.4. The first-order valence-corrected chi connectivity index (χ1v) is 18.6. The van der Waals surface area contributed by atoms with Crippen LogP contribution in [0.15, 0.2) is 109 Å². The molecule has 58 heavy (non-hydrogen) atoms. The van der Waals surface area contributed by atoms with Gasteiger partial charge in [-0.05, 0) is 35.4 Å². The zero-order valence-corrected chi connectivity index (χ0v) is 31.9. The second-order valence-electron chi connectivity index (χ2n) is 13.8. The molecule has 2 aliphatic rings. The van der Waals surface area contributed by atoms with Crippen LogP contribution in [0.25, 0.3) is 22.3 Å². The number of fused-ring (bicyclic) bond motifs is 2. The van der Waals surface area contributed by atoms with Crippen LogP contribution in [0, 0.1) is 23.3 Å². The van der Waals surface area contributed by atoms with Gasteiger partial charge in [-0.2, -0.15) is 0 Å². The van der Waals surface area contributed by atoms with Crippen LogP contribution in [0.3, 0.4) is 0 Å². The molecule has 0 radical (unpaired) electrons. The Hall–Kier alpha value is -5.92. The molecule has 6 aromatic rings. The lowest BCUT2D eigenvalue weighted by Gasteiger charge is -2.27. The molecule has 296 valence electrons. The molecule has 2 aliphatic heterocycles. The molecule has 0 bridgehead atoms. The van der Waals surface area contributed by atoms with E-state index >= 15 is 0 Å². The predicted octanol–water partition coefficient (Wildman–Crippen LogP) is 8.35. The average Bonchev–Trinajstić information content (AvgIpc) is 3.79. The van der Waals surface area contributed by atoms with Crippen LogP contribution >= 0.6 is 23.2 Å². The van der Waals surface area contributed by atoms with Crippen molar-refractivity contribution in [1.29, 1.82) is 0 Å². The Morgan fingerprint density at radius 3 is 1.22 bits per heavy atom. The topological polar surface area (TPSA) is 157 Å². The fourth-order valence-corrected chi connectivity index (χ4v) is 8.16. The summed E-state index contributed by atoms with van der Waals surface area (Å²) >= 11 is 12.5. The number of nitrogens with two attached hydrogens (primary N) is 4. The zero-order chi connectivity index (χ0) is 41.5. The van der Waals surface area contributed by atoms with E-state index in [2.05, 4.69) is 0 Å².